The van der Waals surface area contributed by atoms with E-state index >= 15 is 0 Å². The van der Waals surface area contributed by atoms with E-state index in [1.165, 1.54) is 23.0 Å². The third-order valence-corrected chi connectivity index (χ3v) is 6.84. The molecule has 0 bridgehead atoms. The Morgan fingerprint density at radius 3 is 2.64 bits per heavy atom. The van der Waals surface area contributed by atoms with Crippen LogP contribution in [0.3, 0.4) is 0 Å². The number of aromatic nitrogens is 3. The van der Waals surface area contributed by atoms with Gasteiger partial charge in [0.25, 0.3) is 0 Å². The van der Waals surface area contributed by atoms with Gasteiger partial charge in [-0.25, -0.2) is 15.0 Å². The molecule has 0 amide bonds. The van der Waals surface area contributed by atoms with E-state index in [0.717, 1.165) is 64.8 Å². The van der Waals surface area contributed by atoms with E-state index in [1.807, 2.05) is 32.0 Å². The largest absolute Gasteiger partial charge is 0.392 e. The number of hydrogen-bond donors (Lipinski definition) is 3. The molecule has 194 valence electrons. The highest BCUT2D eigenvalue weighted by Gasteiger charge is 2.25. The first-order valence-electron chi connectivity index (χ1n) is 12.6. The predicted molar refractivity (Wildman–Crippen MR) is 152 cm³/mol. The second kappa shape index (κ2) is 12.5. The SMILES string of the molecule is CC/C(C)=C(\Cl)c1c(C)cc(C)nc1N1CCC(N)C1.Cc1ccc2c(NCC(C)O)ncnc2c1. The van der Waals surface area contributed by atoms with Gasteiger partial charge >= 0.3 is 0 Å². The van der Waals surface area contributed by atoms with Crippen molar-refractivity contribution < 1.29 is 5.11 Å². The molecule has 3 heterocycles. The van der Waals surface area contributed by atoms with E-state index in [2.05, 4.69) is 47.0 Å². The maximum Gasteiger partial charge on any atom is 0.137 e. The van der Waals surface area contributed by atoms with Crippen molar-refractivity contribution >= 4 is 39.2 Å². The summed E-state index contributed by atoms with van der Waals surface area (Å²) in [7, 11) is 0. The number of nitrogens with two attached hydrogens (primary N) is 1. The number of rotatable bonds is 6. The van der Waals surface area contributed by atoms with Gasteiger partial charge in [-0.15, -0.1) is 0 Å². The van der Waals surface area contributed by atoms with E-state index in [4.69, 9.17) is 22.3 Å². The number of benzene rings is 1. The Bertz CT molecular complexity index is 1230. The molecule has 0 saturated carbocycles. The summed E-state index contributed by atoms with van der Waals surface area (Å²) in [6.07, 6.45) is 3.11. The van der Waals surface area contributed by atoms with E-state index in [0.29, 0.717) is 6.54 Å². The molecule has 1 saturated heterocycles. The Hall–Kier alpha value is -2.74. The number of hydrogen-bond acceptors (Lipinski definition) is 7. The second-order valence-corrected chi connectivity index (χ2v) is 10.1. The first-order valence-corrected chi connectivity index (χ1v) is 13.0. The first-order chi connectivity index (χ1) is 17.1. The van der Waals surface area contributed by atoms with Crippen molar-refractivity contribution in [2.24, 2.45) is 5.73 Å². The molecule has 0 spiro atoms. The number of halogens is 1. The normalized spacial score (nSPS) is 16.9. The monoisotopic (exact) mass is 510 g/mol. The quantitative estimate of drug-likeness (QED) is 0.411. The van der Waals surface area contributed by atoms with Crippen LogP contribution in [0.4, 0.5) is 11.6 Å². The van der Waals surface area contributed by atoms with Gasteiger partial charge in [0.05, 0.1) is 16.7 Å². The Morgan fingerprint density at radius 1 is 1.25 bits per heavy atom. The van der Waals surface area contributed by atoms with Crippen molar-refractivity contribution in [3.8, 4) is 0 Å². The third kappa shape index (κ3) is 6.93. The molecule has 36 heavy (non-hydrogen) atoms. The summed E-state index contributed by atoms with van der Waals surface area (Å²) < 4.78 is 0. The molecular formula is C28H39ClN6O. The fourth-order valence-corrected chi connectivity index (χ4v) is 4.58. The third-order valence-electron chi connectivity index (χ3n) is 6.33. The van der Waals surface area contributed by atoms with E-state index in [-0.39, 0.29) is 6.04 Å². The lowest BCUT2D eigenvalue weighted by Crippen LogP contribution is -2.28. The molecule has 3 aromatic rings. The molecule has 7 nitrogen and oxygen atoms in total. The van der Waals surface area contributed by atoms with Gasteiger partial charge in [-0.05, 0) is 76.8 Å². The zero-order valence-electron chi connectivity index (χ0n) is 22.3. The van der Waals surface area contributed by atoms with Crippen LogP contribution in [0.5, 0.6) is 0 Å². The van der Waals surface area contributed by atoms with Gasteiger partial charge < -0.3 is 21.1 Å². The summed E-state index contributed by atoms with van der Waals surface area (Å²) in [5.41, 5.74) is 12.6. The molecule has 2 atom stereocenters. The van der Waals surface area contributed by atoms with Crippen LogP contribution in [0.25, 0.3) is 15.9 Å². The lowest BCUT2D eigenvalue weighted by molar-refractivity contribution is 0.208. The van der Waals surface area contributed by atoms with Crippen LogP contribution >= 0.6 is 11.6 Å². The molecule has 4 N–H and O–H groups in total. The standard InChI is InChI=1S/C16H24ClN3.C12H15N3O/c1-5-10(2)15(17)14-11(3)8-12(4)19-16(14)20-7-6-13(18)9-20;1-8-3-4-10-11(5-8)14-7-15-12(10)13-6-9(2)16/h8,13H,5-7,9,18H2,1-4H3;3-5,7,9,16H,6H2,1-2H3,(H,13,14,15)/b15-10-;. The minimum absolute atomic E-state index is 0.237. The van der Waals surface area contributed by atoms with Crippen LogP contribution in [0.2, 0.25) is 0 Å². The topological polar surface area (TPSA) is 100 Å². The van der Waals surface area contributed by atoms with Gasteiger partial charge in [0, 0.05) is 42.3 Å². The average Bonchev–Trinajstić information content (AvgIpc) is 3.27. The van der Waals surface area contributed by atoms with Gasteiger partial charge in [-0.3, -0.25) is 0 Å². The molecule has 1 aliphatic rings. The number of fused-ring (bicyclic) bond motifs is 1. The van der Waals surface area contributed by atoms with E-state index in [1.54, 1.807) is 6.92 Å². The van der Waals surface area contributed by atoms with Crippen molar-refractivity contribution in [3.05, 3.63) is 58.6 Å². The molecule has 1 fully saturated rings. The number of nitrogens with one attached hydrogen (secondary N) is 1. The highest BCUT2D eigenvalue weighted by atomic mass is 35.5. The number of nitrogens with zero attached hydrogens (tertiary/aromatic N) is 4. The number of allylic oxidation sites excluding steroid dienone is 1. The number of anilines is 2. The summed E-state index contributed by atoms with van der Waals surface area (Å²) in [6, 6.07) is 8.37. The Kier molecular flexibility index (Phi) is 9.65. The molecule has 1 aliphatic heterocycles. The van der Waals surface area contributed by atoms with Crippen LogP contribution in [-0.4, -0.2) is 51.8 Å². The fraction of sp³-hybridized carbons (Fsp3) is 0.464. The predicted octanol–water partition coefficient (Wildman–Crippen LogP) is 5.35. The maximum absolute atomic E-state index is 9.22. The van der Waals surface area contributed by atoms with Crippen molar-refractivity contribution in [1.29, 1.82) is 0 Å². The highest BCUT2D eigenvalue weighted by Crippen LogP contribution is 2.35. The van der Waals surface area contributed by atoms with Gasteiger partial charge in [0.1, 0.15) is 18.0 Å². The average molecular weight is 511 g/mol. The summed E-state index contributed by atoms with van der Waals surface area (Å²) in [6.45, 7) is 14.4. The molecule has 0 radical (unpaired) electrons. The van der Waals surface area contributed by atoms with Crippen LogP contribution in [0.1, 0.15) is 56.0 Å². The molecule has 4 rings (SSSR count). The molecule has 2 aromatic heterocycles. The number of aliphatic hydroxyl groups excluding tert-OH is 1. The zero-order valence-corrected chi connectivity index (χ0v) is 23.0. The zero-order chi connectivity index (χ0) is 26.4. The van der Waals surface area contributed by atoms with Crippen molar-refractivity contribution in [1.82, 2.24) is 15.0 Å². The van der Waals surface area contributed by atoms with E-state index < -0.39 is 6.10 Å². The van der Waals surface area contributed by atoms with Crippen LogP contribution in [0.15, 0.2) is 36.2 Å². The molecule has 0 aliphatic carbocycles. The molecule has 2 unspecified atom stereocenters. The number of pyridine rings is 1. The lowest BCUT2D eigenvalue weighted by Gasteiger charge is -2.23. The minimum atomic E-state index is -0.393. The van der Waals surface area contributed by atoms with Crippen molar-refractivity contribution in [2.45, 2.75) is 66.5 Å². The van der Waals surface area contributed by atoms with Crippen LogP contribution in [0, 0.1) is 20.8 Å². The van der Waals surface area contributed by atoms with Gasteiger partial charge in [-0.2, -0.15) is 0 Å². The summed E-state index contributed by atoms with van der Waals surface area (Å²) in [5.74, 6) is 1.76. The highest BCUT2D eigenvalue weighted by molar-refractivity contribution is 6.49. The lowest BCUT2D eigenvalue weighted by atomic mass is 10.0. The van der Waals surface area contributed by atoms with E-state index in [9.17, 15) is 5.11 Å². The van der Waals surface area contributed by atoms with Gasteiger partial charge in [0.15, 0.2) is 0 Å². The summed E-state index contributed by atoms with van der Waals surface area (Å²) in [4.78, 5) is 15.4. The van der Waals surface area contributed by atoms with Crippen LogP contribution in [-0.2, 0) is 0 Å². The molecule has 1 aromatic carbocycles. The fourth-order valence-electron chi connectivity index (χ4n) is 4.22. The van der Waals surface area contributed by atoms with Gasteiger partial charge in [-0.1, -0.05) is 30.2 Å². The van der Waals surface area contributed by atoms with Crippen molar-refractivity contribution in [2.75, 3.05) is 29.9 Å². The maximum atomic E-state index is 9.22. The van der Waals surface area contributed by atoms with Crippen molar-refractivity contribution in [3.63, 3.8) is 0 Å². The molecular weight excluding hydrogens is 472 g/mol. The van der Waals surface area contributed by atoms with Gasteiger partial charge in [0.2, 0.25) is 0 Å². The Balaban J connectivity index is 0.000000205. The number of aliphatic hydroxyl groups is 1. The minimum Gasteiger partial charge on any atom is -0.392 e. The second-order valence-electron chi connectivity index (χ2n) is 9.69. The smallest absolute Gasteiger partial charge is 0.137 e. The number of aryl methyl sites for hydroxylation is 3. The van der Waals surface area contributed by atoms with Crippen LogP contribution < -0.4 is 16.0 Å². The summed E-state index contributed by atoms with van der Waals surface area (Å²) in [5, 5.41) is 14.2. The summed E-state index contributed by atoms with van der Waals surface area (Å²) >= 11 is 6.62. The molecule has 8 heteroatoms. The first kappa shape index (κ1) is 27.8. The Labute approximate surface area is 219 Å². The Morgan fingerprint density at radius 2 is 2.00 bits per heavy atom.